The number of imide groups is 1. The number of rotatable bonds is 4. The topological polar surface area (TPSA) is 74.7 Å². The lowest BCUT2D eigenvalue weighted by atomic mass is 10.1. The molecule has 2 atom stereocenters. The van der Waals surface area contributed by atoms with Crippen LogP contribution in [0.15, 0.2) is 24.3 Å². The third-order valence-electron chi connectivity index (χ3n) is 3.69. The minimum absolute atomic E-state index is 0.0745. The number of piperidine rings is 1. The molecule has 1 saturated heterocycles. The van der Waals surface area contributed by atoms with E-state index in [9.17, 15) is 14.4 Å². The highest BCUT2D eigenvalue weighted by molar-refractivity contribution is 6.24. The standard InChI is InChI=1S/C14H13NO4/c16-12(17)6-3-8-1-4-9(5-2-8)15-13(18)10-7-11(10)14(15)19/h1-2,4-5,10-11H,3,6-7H2,(H,16,17). The zero-order chi connectivity index (χ0) is 13.6. The van der Waals surface area contributed by atoms with E-state index in [2.05, 4.69) is 0 Å². The number of carboxylic acids is 1. The highest BCUT2D eigenvalue weighted by Gasteiger charge is 2.59. The zero-order valence-electron chi connectivity index (χ0n) is 10.2. The summed E-state index contributed by atoms with van der Waals surface area (Å²) in [5.41, 5.74) is 1.47. The Bertz CT molecular complexity index is 543. The Hall–Kier alpha value is -2.17. The van der Waals surface area contributed by atoms with Gasteiger partial charge in [-0.05, 0) is 30.5 Å². The first kappa shape index (κ1) is 11.9. The lowest BCUT2D eigenvalue weighted by Crippen LogP contribution is -2.32. The number of hydrogen-bond donors (Lipinski definition) is 1. The van der Waals surface area contributed by atoms with Gasteiger partial charge in [-0.3, -0.25) is 19.3 Å². The Kier molecular flexibility index (Phi) is 2.62. The molecule has 5 nitrogen and oxygen atoms in total. The number of nitrogens with zero attached hydrogens (tertiary/aromatic N) is 1. The van der Waals surface area contributed by atoms with E-state index in [1.165, 1.54) is 4.90 Å². The smallest absolute Gasteiger partial charge is 0.303 e. The summed E-state index contributed by atoms with van der Waals surface area (Å²) in [7, 11) is 0. The van der Waals surface area contributed by atoms with Gasteiger partial charge in [0.05, 0.1) is 17.5 Å². The summed E-state index contributed by atoms with van der Waals surface area (Å²) in [4.78, 5) is 35.5. The maximum absolute atomic E-state index is 11.9. The molecule has 1 heterocycles. The largest absolute Gasteiger partial charge is 0.481 e. The van der Waals surface area contributed by atoms with Gasteiger partial charge in [0, 0.05) is 6.42 Å². The van der Waals surface area contributed by atoms with E-state index >= 15 is 0 Å². The molecule has 2 aliphatic rings. The lowest BCUT2D eigenvalue weighted by Gasteiger charge is -2.16. The van der Waals surface area contributed by atoms with E-state index in [0.29, 0.717) is 18.5 Å². The minimum atomic E-state index is -0.839. The van der Waals surface area contributed by atoms with Crippen LogP contribution in [-0.2, 0) is 20.8 Å². The van der Waals surface area contributed by atoms with Gasteiger partial charge in [0.1, 0.15) is 0 Å². The van der Waals surface area contributed by atoms with Crippen LogP contribution in [0.1, 0.15) is 18.4 Å². The molecular formula is C14H13NO4. The van der Waals surface area contributed by atoms with Gasteiger partial charge < -0.3 is 5.11 Å². The number of carbonyl (C=O) groups is 3. The van der Waals surface area contributed by atoms with Crippen molar-refractivity contribution in [2.45, 2.75) is 19.3 Å². The molecule has 0 spiro atoms. The molecule has 1 aromatic rings. The van der Waals surface area contributed by atoms with Crippen molar-refractivity contribution in [3.8, 4) is 0 Å². The SMILES string of the molecule is O=C(O)CCc1ccc(N2C(=O)C3CC3C2=O)cc1. The summed E-state index contributed by atoms with van der Waals surface area (Å²) in [5.74, 6) is -1.24. The van der Waals surface area contributed by atoms with Gasteiger partial charge in [-0.25, -0.2) is 0 Å². The quantitative estimate of drug-likeness (QED) is 0.825. The second kappa shape index (κ2) is 4.19. The molecule has 1 N–H and O–H groups in total. The fourth-order valence-electron chi connectivity index (χ4n) is 2.50. The van der Waals surface area contributed by atoms with Gasteiger partial charge >= 0.3 is 5.97 Å². The molecule has 2 unspecified atom stereocenters. The summed E-state index contributed by atoms with van der Waals surface area (Å²) in [6.07, 6.45) is 1.22. The van der Waals surface area contributed by atoms with Crippen molar-refractivity contribution in [2.24, 2.45) is 11.8 Å². The molecule has 2 amide bonds. The molecule has 1 aromatic carbocycles. The molecule has 0 radical (unpaired) electrons. The maximum Gasteiger partial charge on any atom is 0.303 e. The predicted molar refractivity (Wildman–Crippen MR) is 66.5 cm³/mol. The Morgan fingerprint density at radius 1 is 1.16 bits per heavy atom. The van der Waals surface area contributed by atoms with Crippen molar-refractivity contribution in [1.82, 2.24) is 0 Å². The van der Waals surface area contributed by atoms with Crippen LogP contribution in [0.25, 0.3) is 0 Å². The second-order valence-corrected chi connectivity index (χ2v) is 5.02. The second-order valence-electron chi connectivity index (χ2n) is 5.02. The number of benzene rings is 1. The number of aryl methyl sites for hydroxylation is 1. The van der Waals surface area contributed by atoms with Gasteiger partial charge in [0.15, 0.2) is 0 Å². The van der Waals surface area contributed by atoms with Crippen molar-refractivity contribution in [2.75, 3.05) is 4.90 Å². The molecular weight excluding hydrogens is 246 g/mol. The highest BCUT2D eigenvalue weighted by atomic mass is 16.4. The number of amides is 2. The van der Waals surface area contributed by atoms with Crippen LogP contribution in [-0.4, -0.2) is 22.9 Å². The summed E-state index contributed by atoms with van der Waals surface area (Å²) in [6.45, 7) is 0. The van der Waals surface area contributed by atoms with Crippen molar-refractivity contribution < 1.29 is 19.5 Å². The number of carboxylic acid groups (broad SMARTS) is 1. The molecule has 0 aromatic heterocycles. The number of anilines is 1. The number of aliphatic carboxylic acids is 1. The molecule has 98 valence electrons. The Balaban J connectivity index is 1.74. The Labute approximate surface area is 109 Å². The van der Waals surface area contributed by atoms with E-state index in [1.54, 1.807) is 24.3 Å². The van der Waals surface area contributed by atoms with Gasteiger partial charge in [0.2, 0.25) is 11.8 Å². The number of hydrogen-bond acceptors (Lipinski definition) is 3. The maximum atomic E-state index is 11.9. The van der Waals surface area contributed by atoms with Gasteiger partial charge in [-0.2, -0.15) is 0 Å². The fraction of sp³-hybridized carbons (Fsp3) is 0.357. The molecule has 5 heteroatoms. The van der Waals surface area contributed by atoms with Crippen molar-refractivity contribution >= 4 is 23.5 Å². The number of carbonyl (C=O) groups excluding carboxylic acids is 2. The summed E-state index contributed by atoms with van der Waals surface area (Å²) in [5, 5.41) is 8.61. The molecule has 3 rings (SSSR count). The minimum Gasteiger partial charge on any atom is -0.481 e. The first-order valence-electron chi connectivity index (χ1n) is 6.26. The van der Waals surface area contributed by atoms with Gasteiger partial charge in [-0.1, -0.05) is 12.1 Å². The van der Waals surface area contributed by atoms with Crippen molar-refractivity contribution in [1.29, 1.82) is 0 Å². The third kappa shape index (κ3) is 2.01. The normalized spacial score (nSPS) is 24.5. The summed E-state index contributed by atoms with van der Waals surface area (Å²) < 4.78 is 0. The van der Waals surface area contributed by atoms with Crippen LogP contribution in [0.4, 0.5) is 5.69 Å². The van der Waals surface area contributed by atoms with Crippen LogP contribution in [0.5, 0.6) is 0 Å². The van der Waals surface area contributed by atoms with Gasteiger partial charge in [0.25, 0.3) is 0 Å². The Morgan fingerprint density at radius 2 is 1.74 bits per heavy atom. The average molecular weight is 259 g/mol. The Morgan fingerprint density at radius 3 is 2.26 bits per heavy atom. The van der Waals surface area contributed by atoms with Crippen LogP contribution in [0.2, 0.25) is 0 Å². The van der Waals surface area contributed by atoms with E-state index in [1.807, 2.05) is 0 Å². The molecule has 2 fully saturated rings. The average Bonchev–Trinajstić information content (AvgIpc) is 3.13. The number of fused-ring (bicyclic) bond motifs is 1. The van der Waals surface area contributed by atoms with Crippen molar-refractivity contribution in [3.63, 3.8) is 0 Å². The van der Waals surface area contributed by atoms with Crippen LogP contribution >= 0.6 is 0 Å². The summed E-state index contributed by atoms with van der Waals surface area (Å²) in [6, 6.07) is 6.95. The monoisotopic (exact) mass is 259 g/mol. The summed E-state index contributed by atoms with van der Waals surface area (Å²) >= 11 is 0. The van der Waals surface area contributed by atoms with Crippen molar-refractivity contribution in [3.05, 3.63) is 29.8 Å². The fourth-order valence-corrected chi connectivity index (χ4v) is 2.50. The first-order chi connectivity index (χ1) is 9.08. The predicted octanol–water partition coefficient (Wildman–Crippen LogP) is 1.21. The first-order valence-corrected chi connectivity index (χ1v) is 6.26. The molecule has 1 aliphatic heterocycles. The third-order valence-corrected chi connectivity index (χ3v) is 3.69. The van der Waals surface area contributed by atoms with E-state index in [0.717, 1.165) is 5.56 Å². The van der Waals surface area contributed by atoms with Crippen LogP contribution in [0, 0.1) is 11.8 Å². The zero-order valence-corrected chi connectivity index (χ0v) is 10.2. The molecule has 19 heavy (non-hydrogen) atoms. The molecule has 1 aliphatic carbocycles. The van der Waals surface area contributed by atoms with E-state index in [4.69, 9.17) is 5.11 Å². The molecule has 1 saturated carbocycles. The molecule has 0 bridgehead atoms. The van der Waals surface area contributed by atoms with Crippen LogP contribution < -0.4 is 4.90 Å². The van der Waals surface area contributed by atoms with E-state index in [-0.39, 0.29) is 30.1 Å². The van der Waals surface area contributed by atoms with Gasteiger partial charge in [-0.15, -0.1) is 0 Å². The van der Waals surface area contributed by atoms with Crippen LogP contribution in [0.3, 0.4) is 0 Å². The van der Waals surface area contributed by atoms with E-state index < -0.39 is 5.97 Å². The lowest BCUT2D eigenvalue weighted by molar-refractivity contribution is -0.137. The highest BCUT2D eigenvalue weighted by Crippen LogP contribution is 2.48.